The fourth-order valence-corrected chi connectivity index (χ4v) is 4.73. The molecule has 13 heteroatoms. The Labute approximate surface area is 229 Å². The number of carbonyl (C=O) groups excluding carboxylic acids is 3. The van der Waals surface area contributed by atoms with E-state index in [1.54, 1.807) is 35.1 Å². The van der Waals surface area contributed by atoms with Gasteiger partial charge in [-0.25, -0.2) is 9.78 Å². The number of primary amides is 1. The third-order valence-corrected chi connectivity index (χ3v) is 6.57. The molecule has 0 spiro atoms. The van der Waals surface area contributed by atoms with Crippen molar-refractivity contribution in [2.75, 3.05) is 18.5 Å². The second-order valence-corrected chi connectivity index (χ2v) is 9.51. The maximum atomic E-state index is 13.2. The predicted molar refractivity (Wildman–Crippen MR) is 145 cm³/mol. The second kappa shape index (κ2) is 11.0. The summed E-state index contributed by atoms with van der Waals surface area (Å²) < 4.78 is 14.8. The molecule has 0 bridgehead atoms. The highest BCUT2D eigenvalue weighted by Crippen LogP contribution is 2.38. The van der Waals surface area contributed by atoms with Crippen LogP contribution < -0.4 is 21.1 Å². The number of pyridine rings is 1. The van der Waals surface area contributed by atoms with Crippen LogP contribution >= 0.6 is 0 Å². The molecule has 1 aliphatic heterocycles. The molecule has 3 aromatic heterocycles. The van der Waals surface area contributed by atoms with Gasteiger partial charge in [0.1, 0.15) is 30.2 Å². The van der Waals surface area contributed by atoms with Crippen molar-refractivity contribution in [1.29, 1.82) is 0 Å². The van der Waals surface area contributed by atoms with Gasteiger partial charge in [0.15, 0.2) is 0 Å². The van der Waals surface area contributed by atoms with Gasteiger partial charge >= 0.3 is 6.09 Å². The van der Waals surface area contributed by atoms with Crippen molar-refractivity contribution in [1.82, 2.24) is 29.6 Å². The molecule has 5 rings (SSSR count). The number of hydrogen-bond acceptors (Lipinski definition) is 8. The molecule has 0 saturated carbocycles. The maximum Gasteiger partial charge on any atom is 0.407 e. The van der Waals surface area contributed by atoms with Gasteiger partial charge in [0.2, 0.25) is 11.9 Å². The smallest absolute Gasteiger partial charge is 0.407 e. The molecule has 3 amide bonds. The van der Waals surface area contributed by atoms with Crippen molar-refractivity contribution >= 4 is 34.9 Å². The SMILES string of the molecule is CCn1nc(C)cc1C(=O)Nc1nc2cc(C(N)=O)cc3c2n1[C@@H](CCNC(=O)OCc1ccnc(C)c1)CO3. The standard InChI is InChI=1S/C27H30N8O5/c1-4-34-21(10-16(3)33-34)25(37)32-26-31-20-11-18(24(28)36)12-22-23(20)35(26)19(14-39-22)6-8-30-27(38)40-13-17-5-7-29-15(2)9-17/h5,7,9-12,19H,4,6,8,13-14H2,1-3H3,(H2,28,36)(H,30,38)(H,31,32,37)/t19-/m0/s1. The van der Waals surface area contributed by atoms with E-state index >= 15 is 0 Å². The van der Waals surface area contributed by atoms with Crippen LogP contribution in [0.15, 0.2) is 36.5 Å². The molecule has 4 heterocycles. The number of benzene rings is 1. The van der Waals surface area contributed by atoms with E-state index in [0.29, 0.717) is 35.4 Å². The molecule has 1 aromatic carbocycles. The molecule has 1 aliphatic rings. The quantitative estimate of drug-likeness (QED) is 0.288. The lowest BCUT2D eigenvalue weighted by molar-refractivity contribution is 0.0995. The number of anilines is 1. The van der Waals surface area contributed by atoms with Crippen LogP contribution in [0.1, 0.15) is 57.2 Å². The number of alkyl carbamates (subject to hydrolysis) is 1. The van der Waals surface area contributed by atoms with Crippen LogP contribution in [-0.4, -0.2) is 55.4 Å². The van der Waals surface area contributed by atoms with Gasteiger partial charge in [-0.3, -0.25) is 24.6 Å². The number of aryl methyl sites for hydroxylation is 3. The van der Waals surface area contributed by atoms with Crippen molar-refractivity contribution < 1.29 is 23.9 Å². The summed E-state index contributed by atoms with van der Waals surface area (Å²) in [5.74, 6) is -0.265. The van der Waals surface area contributed by atoms with E-state index in [-0.39, 0.29) is 43.2 Å². The van der Waals surface area contributed by atoms with E-state index < -0.39 is 12.0 Å². The Morgan fingerprint density at radius 2 is 2.00 bits per heavy atom. The Kier molecular flexibility index (Phi) is 7.36. The Balaban J connectivity index is 1.35. The van der Waals surface area contributed by atoms with Crippen LogP contribution in [0, 0.1) is 13.8 Å². The van der Waals surface area contributed by atoms with Crippen molar-refractivity contribution in [3.05, 3.63) is 64.7 Å². The average molecular weight is 547 g/mol. The highest BCUT2D eigenvalue weighted by molar-refractivity contribution is 6.04. The van der Waals surface area contributed by atoms with Crippen LogP contribution in [0.4, 0.5) is 10.7 Å². The summed E-state index contributed by atoms with van der Waals surface area (Å²) in [7, 11) is 0. The number of nitrogens with two attached hydrogens (primary N) is 1. The Hall–Kier alpha value is -4.94. The molecular formula is C27H30N8O5. The number of aromatic nitrogens is 5. The number of nitrogens with zero attached hydrogens (tertiary/aromatic N) is 5. The van der Waals surface area contributed by atoms with E-state index in [0.717, 1.165) is 17.0 Å². The molecule has 0 radical (unpaired) electrons. The minimum Gasteiger partial charge on any atom is -0.489 e. The molecule has 0 aliphatic carbocycles. The Bertz CT molecular complexity index is 1610. The highest BCUT2D eigenvalue weighted by Gasteiger charge is 2.29. The number of nitrogens with one attached hydrogen (secondary N) is 2. The summed E-state index contributed by atoms with van der Waals surface area (Å²) >= 11 is 0. The number of imidazole rings is 1. The summed E-state index contributed by atoms with van der Waals surface area (Å²) in [5.41, 5.74) is 9.63. The van der Waals surface area contributed by atoms with Gasteiger partial charge < -0.3 is 25.1 Å². The van der Waals surface area contributed by atoms with Gasteiger partial charge in [0.05, 0.1) is 17.3 Å². The van der Waals surface area contributed by atoms with Crippen LogP contribution in [-0.2, 0) is 17.9 Å². The minimum atomic E-state index is -0.615. The van der Waals surface area contributed by atoms with Crippen molar-refractivity contribution in [3.8, 4) is 5.75 Å². The Morgan fingerprint density at radius 1 is 1.18 bits per heavy atom. The van der Waals surface area contributed by atoms with E-state index in [4.69, 9.17) is 15.2 Å². The first kappa shape index (κ1) is 26.7. The molecule has 1 atom stereocenters. The lowest BCUT2D eigenvalue weighted by Crippen LogP contribution is -2.31. The van der Waals surface area contributed by atoms with Gasteiger partial charge in [-0.05, 0) is 63.1 Å². The molecule has 4 aromatic rings. The lowest BCUT2D eigenvalue weighted by Gasteiger charge is -2.27. The lowest BCUT2D eigenvalue weighted by atomic mass is 10.1. The van der Waals surface area contributed by atoms with Crippen LogP contribution in [0.25, 0.3) is 11.0 Å². The third-order valence-electron chi connectivity index (χ3n) is 6.57. The first-order valence-electron chi connectivity index (χ1n) is 12.9. The number of amides is 3. The minimum absolute atomic E-state index is 0.128. The molecule has 208 valence electrons. The van der Waals surface area contributed by atoms with Gasteiger partial charge in [-0.1, -0.05) is 0 Å². The topological polar surface area (TPSA) is 168 Å². The predicted octanol–water partition coefficient (Wildman–Crippen LogP) is 2.87. The van der Waals surface area contributed by atoms with Crippen LogP contribution in [0.2, 0.25) is 0 Å². The van der Waals surface area contributed by atoms with Crippen molar-refractivity contribution in [2.24, 2.45) is 5.73 Å². The summed E-state index contributed by atoms with van der Waals surface area (Å²) in [6, 6.07) is 8.19. The highest BCUT2D eigenvalue weighted by atomic mass is 16.5. The molecule has 0 fully saturated rings. The summed E-state index contributed by atoms with van der Waals surface area (Å²) in [6.45, 7) is 6.75. The number of carbonyl (C=O) groups is 3. The van der Waals surface area contributed by atoms with Gasteiger partial charge in [0.25, 0.3) is 5.91 Å². The fourth-order valence-electron chi connectivity index (χ4n) is 4.73. The van der Waals surface area contributed by atoms with E-state index in [9.17, 15) is 14.4 Å². The fraction of sp³-hybridized carbons (Fsp3) is 0.333. The van der Waals surface area contributed by atoms with Gasteiger partial charge in [-0.15, -0.1) is 0 Å². The van der Waals surface area contributed by atoms with E-state index in [1.807, 2.05) is 31.4 Å². The summed E-state index contributed by atoms with van der Waals surface area (Å²) in [4.78, 5) is 46.2. The molecule has 40 heavy (non-hydrogen) atoms. The van der Waals surface area contributed by atoms with E-state index in [2.05, 4.69) is 25.7 Å². The van der Waals surface area contributed by atoms with Crippen LogP contribution in [0.5, 0.6) is 5.75 Å². The van der Waals surface area contributed by atoms with Gasteiger partial charge in [-0.2, -0.15) is 5.10 Å². The average Bonchev–Trinajstić information content (AvgIpc) is 3.49. The zero-order chi connectivity index (χ0) is 28.4. The maximum absolute atomic E-state index is 13.2. The number of hydrogen-bond donors (Lipinski definition) is 3. The largest absolute Gasteiger partial charge is 0.489 e. The van der Waals surface area contributed by atoms with Crippen LogP contribution in [0.3, 0.4) is 0 Å². The molecule has 0 unspecified atom stereocenters. The molecule has 4 N–H and O–H groups in total. The zero-order valence-electron chi connectivity index (χ0n) is 22.4. The van der Waals surface area contributed by atoms with E-state index in [1.165, 1.54) is 0 Å². The normalized spacial score (nSPS) is 14.0. The number of rotatable bonds is 9. The Morgan fingerprint density at radius 3 is 2.75 bits per heavy atom. The van der Waals surface area contributed by atoms with Crippen molar-refractivity contribution in [3.63, 3.8) is 0 Å². The summed E-state index contributed by atoms with van der Waals surface area (Å²) in [5, 5.41) is 10.0. The number of ether oxygens (including phenoxy) is 2. The van der Waals surface area contributed by atoms with Crippen molar-refractivity contribution in [2.45, 2.75) is 46.4 Å². The monoisotopic (exact) mass is 546 g/mol. The summed E-state index contributed by atoms with van der Waals surface area (Å²) in [6.07, 6.45) is 1.57. The third kappa shape index (κ3) is 5.44. The zero-order valence-corrected chi connectivity index (χ0v) is 22.4. The molecule has 13 nitrogen and oxygen atoms in total. The first-order chi connectivity index (χ1) is 19.2. The molecule has 0 saturated heterocycles. The first-order valence-corrected chi connectivity index (χ1v) is 12.9. The molecular weight excluding hydrogens is 516 g/mol. The van der Waals surface area contributed by atoms with Gasteiger partial charge in [0, 0.05) is 30.5 Å². The second-order valence-electron chi connectivity index (χ2n) is 9.51.